The quantitative estimate of drug-likeness (QED) is 0.828. The summed E-state index contributed by atoms with van der Waals surface area (Å²) in [4.78, 5) is 9.59. The second-order valence-corrected chi connectivity index (χ2v) is 6.01. The van der Waals surface area contributed by atoms with Crippen molar-refractivity contribution in [3.8, 4) is 0 Å². The Morgan fingerprint density at radius 1 is 1.10 bits per heavy atom. The number of hydrogen-bond donors (Lipinski definition) is 1. The second-order valence-electron chi connectivity index (χ2n) is 6.01. The van der Waals surface area contributed by atoms with Crippen LogP contribution in [0.1, 0.15) is 76.7 Å². The third kappa shape index (κ3) is 3.94. The van der Waals surface area contributed by atoms with E-state index in [1.807, 2.05) is 0 Å². The summed E-state index contributed by atoms with van der Waals surface area (Å²) < 4.78 is 0. The van der Waals surface area contributed by atoms with Gasteiger partial charge in [0, 0.05) is 24.2 Å². The molecule has 0 radical (unpaired) electrons. The molecular weight excluding hydrogens is 246 g/mol. The fourth-order valence-electron chi connectivity index (χ4n) is 3.19. The lowest BCUT2D eigenvalue weighted by Gasteiger charge is -2.27. The van der Waals surface area contributed by atoms with E-state index >= 15 is 0 Å². The smallest absolute Gasteiger partial charge is 0.134 e. The highest BCUT2D eigenvalue weighted by Crippen LogP contribution is 2.35. The highest BCUT2D eigenvalue weighted by molar-refractivity contribution is 5.36. The maximum Gasteiger partial charge on any atom is 0.134 e. The van der Waals surface area contributed by atoms with Crippen LogP contribution in [0, 0.1) is 5.92 Å². The topological polar surface area (TPSA) is 37.8 Å². The van der Waals surface area contributed by atoms with Crippen molar-refractivity contribution >= 4 is 5.82 Å². The molecule has 1 aliphatic rings. The lowest BCUT2D eigenvalue weighted by Crippen LogP contribution is -2.16. The van der Waals surface area contributed by atoms with Gasteiger partial charge in [0.25, 0.3) is 0 Å². The van der Waals surface area contributed by atoms with E-state index in [-0.39, 0.29) is 0 Å². The van der Waals surface area contributed by atoms with E-state index in [2.05, 4.69) is 32.2 Å². The van der Waals surface area contributed by atoms with Crippen molar-refractivity contribution in [1.29, 1.82) is 0 Å². The van der Waals surface area contributed by atoms with Gasteiger partial charge in [0.15, 0.2) is 0 Å². The first-order valence-corrected chi connectivity index (χ1v) is 8.38. The normalized spacial score (nSPS) is 22.8. The second kappa shape index (κ2) is 7.61. The van der Waals surface area contributed by atoms with E-state index in [0.717, 1.165) is 36.9 Å². The molecule has 2 rings (SSSR count). The monoisotopic (exact) mass is 275 g/mol. The summed E-state index contributed by atoms with van der Waals surface area (Å²) in [6, 6.07) is 2.12. The highest BCUT2D eigenvalue weighted by Gasteiger charge is 2.23. The van der Waals surface area contributed by atoms with E-state index in [1.54, 1.807) is 0 Å². The minimum Gasteiger partial charge on any atom is -0.370 e. The lowest BCUT2D eigenvalue weighted by molar-refractivity contribution is 0.312. The van der Waals surface area contributed by atoms with Crippen molar-refractivity contribution in [3.63, 3.8) is 0 Å². The molecule has 1 N–H and O–H groups in total. The SMILES string of the molecule is CCCc1cc(NCC)nc(C2CCC(CC)CC2)n1. The lowest BCUT2D eigenvalue weighted by atomic mass is 9.80. The van der Waals surface area contributed by atoms with Gasteiger partial charge in [0.2, 0.25) is 0 Å². The number of hydrogen-bond acceptors (Lipinski definition) is 3. The predicted molar refractivity (Wildman–Crippen MR) is 85.2 cm³/mol. The molecule has 0 amide bonds. The van der Waals surface area contributed by atoms with Gasteiger partial charge in [-0.05, 0) is 44.9 Å². The first-order valence-electron chi connectivity index (χ1n) is 8.38. The summed E-state index contributed by atoms with van der Waals surface area (Å²) in [5, 5.41) is 3.35. The molecule has 0 bridgehead atoms. The summed E-state index contributed by atoms with van der Waals surface area (Å²) in [7, 11) is 0. The molecule has 0 aliphatic heterocycles. The molecule has 1 heterocycles. The Balaban J connectivity index is 2.13. The molecule has 1 aliphatic carbocycles. The van der Waals surface area contributed by atoms with Crippen molar-refractivity contribution in [2.45, 2.75) is 71.6 Å². The number of aryl methyl sites for hydroxylation is 1. The number of nitrogens with one attached hydrogen (secondary N) is 1. The molecule has 0 saturated heterocycles. The maximum atomic E-state index is 4.83. The number of anilines is 1. The maximum absolute atomic E-state index is 4.83. The third-order valence-corrected chi connectivity index (χ3v) is 4.45. The van der Waals surface area contributed by atoms with Crippen LogP contribution >= 0.6 is 0 Å². The molecule has 112 valence electrons. The molecular formula is C17H29N3. The van der Waals surface area contributed by atoms with Crippen LogP contribution in [0.4, 0.5) is 5.82 Å². The van der Waals surface area contributed by atoms with Crippen LogP contribution in [-0.4, -0.2) is 16.5 Å². The molecule has 3 heteroatoms. The Labute approximate surface area is 123 Å². The highest BCUT2D eigenvalue weighted by atomic mass is 15.0. The molecule has 3 nitrogen and oxygen atoms in total. The largest absolute Gasteiger partial charge is 0.370 e. The summed E-state index contributed by atoms with van der Waals surface area (Å²) in [6.45, 7) is 7.56. The summed E-state index contributed by atoms with van der Waals surface area (Å²) in [6.07, 6.45) is 8.74. The minimum atomic E-state index is 0.576. The zero-order valence-corrected chi connectivity index (χ0v) is 13.3. The van der Waals surface area contributed by atoms with Gasteiger partial charge in [-0.2, -0.15) is 0 Å². The van der Waals surface area contributed by atoms with Gasteiger partial charge in [0.1, 0.15) is 11.6 Å². The van der Waals surface area contributed by atoms with Crippen LogP contribution in [0.15, 0.2) is 6.07 Å². The Morgan fingerprint density at radius 2 is 1.85 bits per heavy atom. The van der Waals surface area contributed by atoms with Crippen molar-refractivity contribution in [1.82, 2.24) is 9.97 Å². The number of rotatable bonds is 6. The average Bonchev–Trinajstić information content (AvgIpc) is 2.48. The van der Waals surface area contributed by atoms with Crippen LogP contribution in [0.25, 0.3) is 0 Å². The standard InChI is InChI=1S/C17H29N3/c1-4-7-15-12-16(18-6-3)20-17(19-15)14-10-8-13(5-2)9-11-14/h12-14H,4-11H2,1-3H3,(H,18,19,20). The summed E-state index contributed by atoms with van der Waals surface area (Å²) in [5.74, 6) is 3.60. The zero-order valence-electron chi connectivity index (χ0n) is 13.3. The third-order valence-electron chi connectivity index (χ3n) is 4.45. The molecule has 1 fully saturated rings. The van der Waals surface area contributed by atoms with Gasteiger partial charge in [-0.3, -0.25) is 0 Å². The van der Waals surface area contributed by atoms with Crippen molar-refractivity contribution in [2.24, 2.45) is 5.92 Å². The zero-order chi connectivity index (χ0) is 14.4. The first kappa shape index (κ1) is 15.3. The van der Waals surface area contributed by atoms with Gasteiger partial charge in [-0.25, -0.2) is 9.97 Å². The summed E-state index contributed by atoms with van der Waals surface area (Å²) in [5.41, 5.74) is 1.20. The molecule has 0 atom stereocenters. The fourth-order valence-corrected chi connectivity index (χ4v) is 3.19. The van der Waals surface area contributed by atoms with Crippen LogP contribution < -0.4 is 5.32 Å². The van der Waals surface area contributed by atoms with Gasteiger partial charge in [-0.15, -0.1) is 0 Å². The molecule has 20 heavy (non-hydrogen) atoms. The Morgan fingerprint density at radius 3 is 2.45 bits per heavy atom. The predicted octanol–water partition coefficient (Wildman–Crippen LogP) is 4.54. The van der Waals surface area contributed by atoms with E-state index in [0.29, 0.717) is 5.92 Å². The average molecular weight is 275 g/mol. The minimum absolute atomic E-state index is 0.576. The molecule has 0 spiro atoms. The van der Waals surface area contributed by atoms with E-state index in [4.69, 9.17) is 9.97 Å². The van der Waals surface area contributed by atoms with Crippen molar-refractivity contribution in [3.05, 3.63) is 17.6 Å². The van der Waals surface area contributed by atoms with E-state index in [1.165, 1.54) is 37.8 Å². The molecule has 1 aromatic rings. The van der Waals surface area contributed by atoms with Crippen molar-refractivity contribution < 1.29 is 0 Å². The fraction of sp³-hybridized carbons (Fsp3) is 0.765. The first-order chi connectivity index (χ1) is 9.76. The Hall–Kier alpha value is -1.12. The van der Waals surface area contributed by atoms with Gasteiger partial charge in [0.05, 0.1) is 0 Å². The van der Waals surface area contributed by atoms with Crippen LogP contribution in [-0.2, 0) is 6.42 Å². The Kier molecular flexibility index (Phi) is 5.81. The summed E-state index contributed by atoms with van der Waals surface area (Å²) >= 11 is 0. The van der Waals surface area contributed by atoms with Gasteiger partial charge in [-0.1, -0.05) is 26.7 Å². The van der Waals surface area contributed by atoms with E-state index in [9.17, 15) is 0 Å². The molecule has 0 unspecified atom stereocenters. The van der Waals surface area contributed by atoms with E-state index < -0.39 is 0 Å². The van der Waals surface area contributed by atoms with Crippen LogP contribution in [0.3, 0.4) is 0 Å². The van der Waals surface area contributed by atoms with Crippen molar-refractivity contribution in [2.75, 3.05) is 11.9 Å². The van der Waals surface area contributed by atoms with Crippen LogP contribution in [0.2, 0.25) is 0 Å². The Bertz CT molecular complexity index is 384. The van der Waals surface area contributed by atoms with Gasteiger partial charge >= 0.3 is 0 Å². The molecule has 0 aromatic carbocycles. The van der Waals surface area contributed by atoms with Crippen LogP contribution in [0.5, 0.6) is 0 Å². The van der Waals surface area contributed by atoms with Gasteiger partial charge < -0.3 is 5.32 Å². The molecule has 1 saturated carbocycles. The number of aromatic nitrogens is 2. The number of nitrogens with zero attached hydrogens (tertiary/aromatic N) is 2. The molecule has 1 aromatic heterocycles.